The molecular weight excluding hydrogens is 574 g/mol. The van der Waals surface area contributed by atoms with Crippen LogP contribution in [0.2, 0.25) is 0 Å². The number of hydrogen-bond acceptors (Lipinski definition) is 9. The number of aryl methyl sites for hydroxylation is 1. The standard InChI is InChI=1S/C31H41N3O8S/c1-17(2)13-25(31(37)33-20-11-12-43(38,39)16-20)34-24-10-8-21-22(15-26(24)36)23(32-18(3)35)9-7-19-14-27(40-4)29(41-5)30(42-6)28(19)21/h8,10,14-15,17,20,23,25H,7,9,11-13,16H2,1-6H3,(H,32,35)(H,33,37)(H,34,36)/t20-,23+,25+/m1/s1. The summed E-state index contributed by atoms with van der Waals surface area (Å²) in [6, 6.07) is 5.12. The van der Waals surface area contributed by atoms with Crippen LogP contribution in [0.15, 0.2) is 29.1 Å². The van der Waals surface area contributed by atoms with Gasteiger partial charge in [-0.25, -0.2) is 8.42 Å². The lowest BCUT2D eigenvalue weighted by molar-refractivity contribution is -0.122. The maximum absolute atomic E-state index is 13.7. The van der Waals surface area contributed by atoms with Gasteiger partial charge in [-0.15, -0.1) is 0 Å². The second kappa shape index (κ2) is 13.2. The summed E-state index contributed by atoms with van der Waals surface area (Å²) in [5.74, 6) is 0.827. The highest BCUT2D eigenvalue weighted by Crippen LogP contribution is 2.50. The molecule has 0 spiro atoms. The highest BCUT2D eigenvalue weighted by molar-refractivity contribution is 7.91. The molecule has 2 amide bonds. The number of ether oxygens (including phenoxy) is 3. The van der Waals surface area contributed by atoms with Crippen molar-refractivity contribution >= 4 is 27.3 Å². The molecule has 2 aromatic carbocycles. The van der Waals surface area contributed by atoms with Gasteiger partial charge in [0.2, 0.25) is 23.0 Å². The third-order valence-electron chi connectivity index (χ3n) is 7.85. The number of methoxy groups -OCH3 is 3. The molecule has 3 atom stereocenters. The average Bonchev–Trinajstić information content (AvgIpc) is 3.11. The van der Waals surface area contributed by atoms with Gasteiger partial charge >= 0.3 is 0 Å². The number of carbonyl (C=O) groups is 2. The number of amides is 2. The van der Waals surface area contributed by atoms with Crippen LogP contribution >= 0.6 is 0 Å². The molecule has 0 radical (unpaired) electrons. The first kappa shape index (κ1) is 32.1. The molecule has 1 aliphatic carbocycles. The van der Waals surface area contributed by atoms with Crippen molar-refractivity contribution in [1.82, 2.24) is 10.6 Å². The number of nitrogens with one attached hydrogen (secondary N) is 3. The largest absolute Gasteiger partial charge is 0.493 e. The molecule has 3 N–H and O–H groups in total. The van der Waals surface area contributed by atoms with E-state index in [0.29, 0.717) is 54.1 Å². The first-order valence-electron chi connectivity index (χ1n) is 14.4. The van der Waals surface area contributed by atoms with Gasteiger partial charge in [-0.1, -0.05) is 19.9 Å². The monoisotopic (exact) mass is 615 g/mol. The molecule has 0 unspecified atom stereocenters. The topological polar surface area (TPSA) is 149 Å². The molecule has 2 aromatic rings. The van der Waals surface area contributed by atoms with Gasteiger partial charge in [0.1, 0.15) is 6.04 Å². The highest BCUT2D eigenvalue weighted by Gasteiger charge is 2.32. The first-order valence-corrected chi connectivity index (χ1v) is 16.2. The molecule has 0 aromatic heterocycles. The predicted molar refractivity (Wildman–Crippen MR) is 165 cm³/mol. The highest BCUT2D eigenvalue weighted by atomic mass is 32.2. The predicted octanol–water partition coefficient (Wildman–Crippen LogP) is 2.99. The minimum atomic E-state index is -3.17. The Morgan fingerprint density at radius 3 is 2.30 bits per heavy atom. The summed E-state index contributed by atoms with van der Waals surface area (Å²) >= 11 is 0. The van der Waals surface area contributed by atoms with Crippen LogP contribution in [0.5, 0.6) is 17.2 Å². The van der Waals surface area contributed by atoms with Crippen molar-refractivity contribution in [3.05, 3.63) is 45.6 Å². The minimum Gasteiger partial charge on any atom is -0.493 e. The lowest BCUT2D eigenvalue weighted by atomic mass is 9.95. The fourth-order valence-corrected chi connectivity index (χ4v) is 7.60. The zero-order valence-corrected chi connectivity index (χ0v) is 26.4. The molecule has 0 bridgehead atoms. The van der Waals surface area contributed by atoms with Crippen LogP contribution in [0.1, 0.15) is 57.2 Å². The normalized spacial score (nSPS) is 19.3. The quantitative estimate of drug-likeness (QED) is 0.367. The van der Waals surface area contributed by atoms with E-state index in [2.05, 4.69) is 16.0 Å². The number of benzene rings is 1. The number of sulfone groups is 1. The summed E-state index contributed by atoms with van der Waals surface area (Å²) in [5.41, 5.74) is 2.76. The summed E-state index contributed by atoms with van der Waals surface area (Å²) in [4.78, 5) is 39.3. The van der Waals surface area contributed by atoms with E-state index < -0.39 is 28.0 Å². The Balaban J connectivity index is 1.82. The zero-order valence-electron chi connectivity index (χ0n) is 25.5. The summed E-state index contributed by atoms with van der Waals surface area (Å²) in [5, 5.41) is 8.99. The molecule has 0 saturated carbocycles. The van der Waals surface area contributed by atoms with E-state index in [1.165, 1.54) is 27.2 Å². The van der Waals surface area contributed by atoms with Crippen LogP contribution < -0.4 is 35.6 Å². The van der Waals surface area contributed by atoms with Gasteiger partial charge in [0.25, 0.3) is 0 Å². The van der Waals surface area contributed by atoms with Gasteiger partial charge in [0, 0.05) is 18.5 Å². The van der Waals surface area contributed by atoms with Gasteiger partial charge in [-0.05, 0) is 66.5 Å². The minimum absolute atomic E-state index is 0.0437. The maximum Gasteiger partial charge on any atom is 0.242 e. The summed E-state index contributed by atoms with van der Waals surface area (Å²) in [6.45, 7) is 5.37. The summed E-state index contributed by atoms with van der Waals surface area (Å²) in [6.07, 6.45) is 1.88. The van der Waals surface area contributed by atoms with Crippen molar-refractivity contribution in [2.45, 2.75) is 64.6 Å². The Labute approximate surface area is 252 Å². The molecular formula is C31H41N3O8S. The van der Waals surface area contributed by atoms with Crippen LogP contribution in [0.25, 0.3) is 11.1 Å². The van der Waals surface area contributed by atoms with E-state index in [0.717, 1.165) is 11.1 Å². The molecule has 12 heteroatoms. The smallest absolute Gasteiger partial charge is 0.242 e. The SMILES string of the molecule is COc1cc2c(c(OC)c1OC)-c1ccc(N[C@@H](CC(C)C)C(=O)N[C@@H]3CCS(=O)(=O)C3)c(=O)cc1[C@@H](NC(C)=O)CC2. The molecule has 2 aliphatic rings. The Morgan fingerprint density at radius 1 is 1.00 bits per heavy atom. The Morgan fingerprint density at radius 2 is 1.72 bits per heavy atom. The average molecular weight is 616 g/mol. The van der Waals surface area contributed by atoms with Crippen molar-refractivity contribution < 1.29 is 32.2 Å². The third-order valence-corrected chi connectivity index (χ3v) is 9.62. The number of hydrogen-bond donors (Lipinski definition) is 3. The summed E-state index contributed by atoms with van der Waals surface area (Å²) < 4.78 is 40.9. The number of fused-ring (bicyclic) bond motifs is 3. The van der Waals surface area contributed by atoms with Crippen molar-refractivity contribution in [3.63, 3.8) is 0 Å². The van der Waals surface area contributed by atoms with E-state index in [9.17, 15) is 22.8 Å². The number of rotatable bonds is 10. The number of anilines is 1. The van der Waals surface area contributed by atoms with Crippen LogP contribution in [-0.4, -0.2) is 65.2 Å². The molecule has 4 rings (SSSR count). The first-order chi connectivity index (χ1) is 20.4. The molecule has 1 fully saturated rings. The number of carbonyl (C=O) groups excluding carboxylic acids is 2. The second-order valence-corrected chi connectivity index (χ2v) is 13.8. The van der Waals surface area contributed by atoms with Gasteiger partial charge in [-0.3, -0.25) is 14.4 Å². The van der Waals surface area contributed by atoms with Crippen molar-refractivity contribution in [3.8, 4) is 28.4 Å². The molecule has 11 nitrogen and oxygen atoms in total. The Kier molecular flexibility index (Phi) is 9.89. The molecule has 1 heterocycles. The van der Waals surface area contributed by atoms with Gasteiger partial charge in [-0.2, -0.15) is 0 Å². The van der Waals surface area contributed by atoms with E-state index in [4.69, 9.17) is 14.2 Å². The van der Waals surface area contributed by atoms with Crippen molar-refractivity contribution in [2.75, 3.05) is 38.2 Å². The summed E-state index contributed by atoms with van der Waals surface area (Å²) in [7, 11) is 1.43. The second-order valence-electron chi connectivity index (χ2n) is 11.5. The zero-order chi connectivity index (χ0) is 31.5. The molecule has 234 valence electrons. The Bertz CT molecular complexity index is 1560. The molecule has 1 saturated heterocycles. The van der Waals surface area contributed by atoms with Crippen LogP contribution in [0, 0.1) is 5.92 Å². The van der Waals surface area contributed by atoms with Crippen LogP contribution in [0.4, 0.5) is 5.69 Å². The third kappa shape index (κ3) is 7.23. The lowest BCUT2D eigenvalue weighted by Gasteiger charge is -2.22. The molecule has 43 heavy (non-hydrogen) atoms. The van der Waals surface area contributed by atoms with E-state index >= 15 is 0 Å². The van der Waals surface area contributed by atoms with E-state index in [-0.39, 0.29) is 40.4 Å². The maximum atomic E-state index is 13.7. The van der Waals surface area contributed by atoms with Crippen LogP contribution in [0.3, 0.4) is 0 Å². The van der Waals surface area contributed by atoms with E-state index in [1.54, 1.807) is 19.2 Å². The fourth-order valence-electron chi connectivity index (χ4n) is 5.93. The van der Waals surface area contributed by atoms with Crippen molar-refractivity contribution in [1.29, 1.82) is 0 Å². The van der Waals surface area contributed by atoms with Crippen molar-refractivity contribution in [2.24, 2.45) is 5.92 Å². The van der Waals surface area contributed by atoms with Gasteiger partial charge < -0.3 is 30.2 Å². The lowest BCUT2D eigenvalue weighted by Crippen LogP contribution is -2.46. The fraction of sp³-hybridized carbons (Fsp3) is 0.516. The van der Waals surface area contributed by atoms with Gasteiger partial charge in [0.15, 0.2) is 21.3 Å². The Hall–Kier alpha value is -3.80. The van der Waals surface area contributed by atoms with Gasteiger partial charge in [0.05, 0.1) is 44.6 Å². The van der Waals surface area contributed by atoms with Crippen LogP contribution in [-0.2, 0) is 25.8 Å². The van der Waals surface area contributed by atoms with E-state index in [1.807, 2.05) is 19.9 Å². The molecule has 1 aliphatic heterocycles.